The number of carbonyl (C=O) groups is 2. The van der Waals surface area contributed by atoms with Crippen LogP contribution in [0.25, 0.3) is 0 Å². The van der Waals surface area contributed by atoms with Crippen LogP contribution >= 0.6 is 11.6 Å². The summed E-state index contributed by atoms with van der Waals surface area (Å²) in [4.78, 5) is 25.2. The molecule has 0 aromatic heterocycles. The topological polar surface area (TPSA) is 65.1 Å². The molecule has 0 saturated heterocycles. The van der Waals surface area contributed by atoms with E-state index in [0.29, 0.717) is 5.69 Å². The SMILES string of the molecule is COC(=O)C1=C(C(=O)OC)N(c2ccc(F)cc2Cl)COC1. The van der Waals surface area contributed by atoms with Crippen LogP contribution in [-0.2, 0) is 23.8 Å². The van der Waals surface area contributed by atoms with Crippen molar-refractivity contribution >= 4 is 29.2 Å². The van der Waals surface area contributed by atoms with Crippen LogP contribution in [0.3, 0.4) is 0 Å². The molecule has 0 atom stereocenters. The van der Waals surface area contributed by atoms with Crippen molar-refractivity contribution in [1.29, 1.82) is 0 Å². The molecule has 1 aromatic carbocycles. The van der Waals surface area contributed by atoms with Crippen molar-refractivity contribution in [2.75, 3.05) is 32.5 Å². The second kappa shape index (κ2) is 6.76. The van der Waals surface area contributed by atoms with Crippen molar-refractivity contribution in [3.63, 3.8) is 0 Å². The van der Waals surface area contributed by atoms with Gasteiger partial charge in [-0.15, -0.1) is 0 Å². The Morgan fingerprint density at radius 1 is 1.27 bits per heavy atom. The van der Waals surface area contributed by atoms with Gasteiger partial charge < -0.3 is 19.1 Å². The summed E-state index contributed by atoms with van der Waals surface area (Å²) in [5.74, 6) is -1.99. The molecule has 0 spiro atoms. The Balaban J connectivity index is 2.57. The first kappa shape index (κ1) is 16.3. The molecule has 118 valence electrons. The molecule has 1 aliphatic heterocycles. The summed E-state index contributed by atoms with van der Waals surface area (Å²) in [6, 6.07) is 3.66. The maximum Gasteiger partial charge on any atom is 0.355 e. The van der Waals surface area contributed by atoms with Gasteiger partial charge in [-0.1, -0.05) is 11.6 Å². The highest BCUT2D eigenvalue weighted by Gasteiger charge is 2.33. The number of hydrogen-bond acceptors (Lipinski definition) is 6. The van der Waals surface area contributed by atoms with E-state index in [1.165, 1.54) is 31.3 Å². The van der Waals surface area contributed by atoms with Crippen molar-refractivity contribution in [1.82, 2.24) is 0 Å². The highest BCUT2D eigenvalue weighted by molar-refractivity contribution is 6.33. The van der Waals surface area contributed by atoms with Crippen molar-refractivity contribution < 1.29 is 28.2 Å². The Morgan fingerprint density at radius 3 is 2.55 bits per heavy atom. The van der Waals surface area contributed by atoms with Crippen LogP contribution in [0.15, 0.2) is 29.5 Å². The van der Waals surface area contributed by atoms with Gasteiger partial charge in [-0.3, -0.25) is 0 Å². The summed E-state index contributed by atoms with van der Waals surface area (Å²) < 4.78 is 27.8. The Morgan fingerprint density at radius 2 is 1.95 bits per heavy atom. The molecular formula is C14H13ClFNO5. The predicted octanol–water partition coefficient (Wildman–Crippen LogP) is 1.87. The highest BCUT2D eigenvalue weighted by atomic mass is 35.5. The summed E-state index contributed by atoms with van der Waals surface area (Å²) >= 11 is 6.01. The number of rotatable bonds is 3. The van der Waals surface area contributed by atoms with Gasteiger partial charge in [0.1, 0.15) is 18.2 Å². The van der Waals surface area contributed by atoms with Gasteiger partial charge in [0.2, 0.25) is 0 Å². The number of methoxy groups -OCH3 is 2. The molecular weight excluding hydrogens is 317 g/mol. The fraction of sp³-hybridized carbons (Fsp3) is 0.286. The first-order valence-corrected chi connectivity index (χ1v) is 6.57. The molecule has 0 saturated carbocycles. The lowest BCUT2D eigenvalue weighted by Crippen LogP contribution is -2.38. The lowest BCUT2D eigenvalue weighted by Gasteiger charge is -2.31. The number of carbonyl (C=O) groups excluding carboxylic acids is 2. The largest absolute Gasteiger partial charge is 0.466 e. The third-order valence-corrected chi connectivity index (χ3v) is 3.34. The molecule has 2 rings (SSSR count). The molecule has 8 heteroatoms. The normalized spacial score (nSPS) is 14.8. The Bertz CT molecular complexity index is 646. The lowest BCUT2D eigenvalue weighted by atomic mass is 10.1. The molecule has 0 radical (unpaired) electrons. The number of ether oxygens (including phenoxy) is 3. The molecule has 0 aliphatic carbocycles. The molecule has 0 N–H and O–H groups in total. The minimum absolute atomic E-state index is 0.000918. The smallest absolute Gasteiger partial charge is 0.355 e. The van der Waals surface area contributed by atoms with Gasteiger partial charge in [0.05, 0.1) is 37.1 Å². The third kappa shape index (κ3) is 3.05. The molecule has 0 bridgehead atoms. The highest BCUT2D eigenvalue weighted by Crippen LogP contribution is 2.32. The van der Waals surface area contributed by atoms with Crippen molar-refractivity contribution in [2.45, 2.75) is 0 Å². The second-order valence-corrected chi connectivity index (χ2v) is 4.72. The summed E-state index contributed by atoms with van der Waals surface area (Å²) in [5, 5.41) is 0.0659. The number of anilines is 1. The fourth-order valence-corrected chi connectivity index (χ4v) is 2.30. The Labute approximate surface area is 131 Å². The van der Waals surface area contributed by atoms with Crippen molar-refractivity contribution in [2.24, 2.45) is 0 Å². The number of benzene rings is 1. The number of hydrogen-bond donors (Lipinski definition) is 0. The maximum atomic E-state index is 13.2. The van der Waals surface area contributed by atoms with Crippen LogP contribution < -0.4 is 4.90 Å². The quantitative estimate of drug-likeness (QED) is 0.789. The van der Waals surface area contributed by atoms with E-state index in [0.717, 1.165) is 6.07 Å². The van der Waals surface area contributed by atoms with Crippen LogP contribution in [0.2, 0.25) is 5.02 Å². The van der Waals surface area contributed by atoms with Crippen LogP contribution in [0.4, 0.5) is 10.1 Å². The standard InChI is InChI=1S/C14H13ClFNO5/c1-20-13(18)9-6-22-7-17(12(9)14(19)21-2)11-4-3-8(16)5-10(11)15/h3-5H,6-7H2,1-2H3. The Kier molecular flexibility index (Phi) is 4.99. The molecule has 6 nitrogen and oxygen atoms in total. The van der Waals surface area contributed by atoms with E-state index in [-0.39, 0.29) is 29.6 Å². The molecule has 0 fully saturated rings. The monoisotopic (exact) mass is 329 g/mol. The van der Waals surface area contributed by atoms with E-state index in [1.807, 2.05) is 0 Å². The first-order chi connectivity index (χ1) is 10.5. The number of nitrogens with zero attached hydrogens (tertiary/aromatic N) is 1. The van der Waals surface area contributed by atoms with Crippen LogP contribution in [0, 0.1) is 5.82 Å². The molecule has 22 heavy (non-hydrogen) atoms. The minimum Gasteiger partial charge on any atom is -0.466 e. The van der Waals surface area contributed by atoms with Crippen molar-refractivity contribution in [3.05, 3.63) is 40.3 Å². The van der Waals surface area contributed by atoms with Gasteiger partial charge in [0, 0.05) is 0 Å². The molecule has 1 heterocycles. The first-order valence-electron chi connectivity index (χ1n) is 6.19. The van der Waals surface area contributed by atoms with Gasteiger partial charge in [-0.2, -0.15) is 0 Å². The summed E-state index contributed by atoms with van der Waals surface area (Å²) in [5.41, 5.74) is 0.264. The second-order valence-electron chi connectivity index (χ2n) is 4.31. The van der Waals surface area contributed by atoms with E-state index in [4.69, 9.17) is 21.1 Å². The van der Waals surface area contributed by atoms with E-state index in [2.05, 4.69) is 4.74 Å². The molecule has 0 unspecified atom stereocenters. The molecule has 1 aliphatic rings. The van der Waals surface area contributed by atoms with E-state index in [9.17, 15) is 14.0 Å². The number of halogens is 2. The minimum atomic E-state index is -0.746. The fourth-order valence-electron chi connectivity index (χ4n) is 2.03. The van der Waals surface area contributed by atoms with E-state index in [1.54, 1.807) is 0 Å². The van der Waals surface area contributed by atoms with Crippen LogP contribution in [0.1, 0.15) is 0 Å². The van der Waals surface area contributed by atoms with Gasteiger partial charge in [-0.05, 0) is 18.2 Å². The van der Waals surface area contributed by atoms with Crippen LogP contribution in [-0.4, -0.2) is 39.5 Å². The molecule has 1 aromatic rings. The summed E-state index contributed by atoms with van der Waals surface area (Å²) in [7, 11) is 2.37. The van der Waals surface area contributed by atoms with Gasteiger partial charge in [0.25, 0.3) is 0 Å². The average molecular weight is 330 g/mol. The van der Waals surface area contributed by atoms with E-state index >= 15 is 0 Å². The predicted molar refractivity (Wildman–Crippen MR) is 75.8 cm³/mol. The van der Waals surface area contributed by atoms with Crippen molar-refractivity contribution in [3.8, 4) is 0 Å². The Hall–Kier alpha value is -2.12. The summed E-state index contributed by atoms with van der Waals surface area (Å²) in [6.45, 7) is -0.150. The molecule has 0 amide bonds. The lowest BCUT2D eigenvalue weighted by molar-refractivity contribution is -0.140. The zero-order valence-corrected chi connectivity index (χ0v) is 12.6. The average Bonchev–Trinajstić information content (AvgIpc) is 2.52. The third-order valence-electron chi connectivity index (χ3n) is 3.03. The summed E-state index contributed by atoms with van der Waals surface area (Å²) in [6.07, 6.45) is 0. The van der Waals surface area contributed by atoms with Gasteiger partial charge in [0.15, 0.2) is 0 Å². The number of esters is 2. The van der Waals surface area contributed by atoms with Gasteiger partial charge >= 0.3 is 11.9 Å². The van der Waals surface area contributed by atoms with Crippen LogP contribution in [0.5, 0.6) is 0 Å². The van der Waals surface area contributed by atoms with E-state index < -0.39 is 17.8 Å². The zero-order valence-electron chi connectivity index (χ0n) is 11.9. The van der Waals surface area contributed by atoms with Gasteiger partial charge in [-0.25, -0.2) is 14.0 Å². The zero-order chi connectivity index (χ0) is 16.3. The maximum absolute atomic E-state index is 13.2.